The topological polar surface area (TPSA) is 86.1 Å². The van der Waals surface area contributed by atoms with Gasteiger partial charge in [-0.05, 0) is 43.3 Å². The molecule has 0 aliphatic heterocycles. The molecule has 32 heavy (non-hydrogen) atoms. The fourth-order valence-electron chi connectivity index (χ4n) is 3.93. The number of ether oxygens (including phenoxy) is 1. The Morgan fingerprint density at radius 3 is 2.53 bits per heavy atom. The molecule has 0 saturated heterocycles. The summed E-state index contributed by atoms with van der Waals surface area (Å²) in [5.74, 6) is -1.12. The van der Waals surface area contributed by atoms with Crippen molar-refractivity contribution in [2.24, 2.45) is 0 Å². The number of aryl methyl sites for hydroxylation is 1. The monoisotopic (exact) mass is 424 g/mol. The van der Waals surface area contributed by atoms with Crippen molar-refractivity contribution >= 4 is 50.4 Å². The maximum Gasteiger partial charge on any atom is 0.359 e. The molecule has 3 aromatic carbocycles. The van der Waals surface area contributed by atoms with Gasteiger partial charge in [0.05, 0.1) is 17.2 Å². The predicted molar refractivity (Wildman–Crippen MR) is 124 cm³/mol. The van der Waals surface area contributed by atoms with Crippen LogP contribution in [0.25, 0.3) is 32.8 Å². The molecule has 0 saturated carbocycles. The van der Waals surface area contributed by atoms with Gasteiger partial charge in [0.2, 0.25) is 0 Å². The highest BCUT2D eigenvalue weighted by Gasteiger charge is 2.14. The minimum absolute atomic E-state index is 0.0605. The Kier molecular flexibility index (Phi) is 4.99. The van der Waals surface area contributed by atoms with Crippen LogP contribution < -0.4 is 5.32 Å². The minimum Gasteiger partial charge on any atom is -0.451 e. The highest BCUT2D eigenvalue weighted by Crippen LogP contribution is 2.30. The number of amides is 1. The minimum atomic E-state index is -0.695. The highest BCUT2D eigenvalue weighted by molar-refractivity contribution is 6.10. The van der Waals surface area contributed by atoms with E-state index in [1.54, 1.807) is 12.1 Å². The van der Waals surface area contributed by atoms with Gasteiger partial charge in [0.15, 0.2) is 12.3 Å². The summed E-state index contributed by atoms with van der Waals surface area (Å²) in [5, 5.41) is 4.99. The average Bonchev–Trinajstić information content (AvgIpc) is 3.15. The molecule has 0 spiro atoms. The lowest BCUT2D eigenvalue weighted by molar-refractivity contribution is -0.119. The standard InChI is InChI=1S/C25H20N4O3/c1-2-29-22-10-6-3-7-17(22)18-13-16(11-12-23(18)29)27-24(30)15-32-25(31)21-14-26-19-8-4-5-9-20(19)28-21/h3-14H,2,15H2,1H3,(H,27,30). The molecule has 1 N–H and O–H groups in total. The molecule has 2 heterocycles. The van der Waals surface area contributed by atoms with Crippen LogP contribution in [-0.2, 0) is 16.1 Å². The van der Waals surface area contributed by atoms with E-state index in [1.165, 1.54) is 6.20 Å². The van der Waals surface area contributed by atoms with Crippen LogP contribution in [0, 0.1) is 0 Å². The van der Waals surface area contributed by atoms with Crippen molar-refractivity contribution in [2.45, 2.75) is 13.5 Å². The third kappa shape index (κ3) is 3.54. The quantitative estimate of drug-likeness (QED) is 0.418. The average molecular weight is 424 g/mol. The first-order valence-electron chi connectivity index (χ1n) is 10.3. The number of esters is 1. The number of para-hydroxylation sites is 3. The maximum absolute atomic E-state index is 12.4. The molecule has 0 aliphatic rings. The van der Waals surface area contributed by atoms with Crippen molar-refractivity contribution in [3.8, 4) is 0 Å². The zero-order valence-corrected chi connectivity index (χ0v) is 17.4. The maximum atomic E-state index is 12.4. The van der Waals surface area contributed by atoms with Crippen LogP contribution in [0.2, 0.25) is 0 Å². The molecule has 0 aliphatic carbocycles. The SMILES string of the molecule is CCn1c2ccccc2c2cc(NC(=O)COC(=O)c3cnc4ccccc4n3)ccc21. The van der Waals surface area contributed by atoms with Gasteiger partial charge >= 0.3 is 5.97 Å². The van der Waals surface area contributed by atoms with Gasteiger partial charge in [0.1, 0.15) is 0 Å². The van der Waals surface area contributed by atoms with Crippen LogP contribution in [0.5, 0.6) is 0 Å². The lowest BCUT2D eigenvalue weighted by atomic mass is 10.1. The molecule has 5 rings (SSSR count). The fourth-order valence-corrected chi connectivity index (χ4v) is 3.93. The molecule has 2 aromatic heterocycles. The molecule has 7 nitrogen and oxygen atoms in total. The number of rotatable bonds is 5. The molecule has 158 valence electrons. The molecule has 0 fully saturated rings. The predicted octanol–water partition coefficient (Wildman–Crippen LogP) is 4.55. The molecule has 5 aromatic rings. The smallest absolute Gasteiger partial charge is 0.359 e. The van der Waals surface area contributed by atoms with E-state index in [-0.39, 0.29) is 5.69 Å². The number of benzene rings is 3. The van der Waals surface area contributed by atoms with Gasteiger partial charge in [-0.3, -0.25) is 9.78 Å². The number of hydrogen-bond acceptors (Lipinski definition) is 5. The Labute approximate surface area is 183 Å². The van der Waals surface area contributed by atoms with Crippen molar-refractivity contribution in [1.82, 2.24) is 14.5 Å². The van der Waals surface area contributed by atoms with Gasteiger partial charge in [-0.1, -0.05) is 30.3 Å². The zero-order valence-electron chi connectivity index (χ0n) is 17.4. The number of carbonyl (C=O) groups is 2. The van der Waals surface area contributed by atoms with Crippen LogP contribution in [0.4, 0.5) is 5.69 Å². The summed E-state index contributed by atoms with van der Waals surface area (Å²) >= 11 is 0. The lowest BCUT2D eigenvalue weighted by Gasteiger charge is -2.08. The van der Waals surface area contributed by atoms with Crippen LogP contribution in [0.1, 0.15) is 17.4 Å². The molecule has 0 unspecified atom stereocenters. The number of fused-ring (bicyclic) bond motifs is 4. The van der Waals surface area contributed by atoms with E-state index in [4.69, 9.17) is 4.74 Å². The molecular weight excluding hydrogens is 404 g/mol. The van der Waals surface area contributed by atoms with E-state index in [2.05, 4.69) is 38.9 Å². The number of nitrogens with one attached hydrogen (secondary N) is 1. The number of anilines is 1. The van der Waals surface area contributed by atoms with Crippen molar-refractivity contribution in [3.63, 3.8) is 0 Å². The molecule has 0 atom stereocenters. The molecule has 0 radical (unpaired) electrons. The summed E-state index contributed by atoms with van der Waals surface area (Å²) in [6, 6.07) is 21.2. The summed E-state index contributed by atoms with van der Waals surface area (Å²) < 4.78 is 7.37. The second-order valence-electron chi connectivity index (χ2n) is 7.36. The molecule has 1 amide bonds. The summed E-state index contributed by atoms with van der Waals surface area (Å²) in [4.78, 5) is 33.1. The first kappa shape index (κ1) is 19.7. The number of carbonyl (C=O) groups excluding carboxylic acids is 2. The Hall–Kier alpha value is -4.26. The van der Waals surface area contributed by atoms with Crippen molar-refractivity contribution in [2.75, 3.05) is 11.9 Å². The fraction of sp³-hybridized carbons (Fsp3) is 0.120. The van der Waals surface area contributed by atoms with E-state index >= 15 is 0 Å². The van der Waals surface area contributed by atoms with E-state index in [0.29, 0.717) is 16.7 Å². The lowest BCUT2D eigenvalue weighted by Crippen LogP contribution is -2.21. The Morgan fingerprint density at radius 2 is 1.69 bits per heavy atom. The van der Waals surface area contributed by atoms with E-state index in [9.17, 15) is 9.59 Å². The number of nitrogens with zero attached hydrogens (tertiary/aromatic N) is 3. The third-order valence-electron chi connectivity index (χ3n) is 5.36. The van der Waals surface area contributed by atoms with Gasteiger partial charge in [-0.25, -0.2) is 9.78 Å². The summed E-state index contributed by atoms with van der Waals surface area (Å²) in [6.45, 7) is 2.54. The highest BCUT2D eigenvalue weighted by atomic mass is 16.5. The molecular formula is C25H20N4O3. The summed E-state index contributed by atoms with van der Waals surface area (Å²) in [7, 11) is 0. The van der Waals surface area contributed by atoms with Crippen LogP contribution in [0.3, 0.4) is 0 Å². The van der Waals surface area contributed by atoms with Gasteiger partial charge in [0.25, 0.3) is 5.91 Å². The van der Waals surface area contributed by atoms with E-state index in [1.807, 2.05) is 42.5 Å². The number of aromatic nitrogens is 3. The Bertz CT molecular complexity index is 1490. The number of hydrogen-bond donors (Lipinski definition) is 1. The second-order valence-corrected chi connectivity index (χ2v) is 7.36. The van der Waals surface area contributed by atoms with Gasteiger partial charge in [-0.2, -0.15) is 0 Å². The second kappa shape index (κ2) is 8.11. The largest absolute Gasteiger partial charge is 0.451 e. The van der Waals surface area contributed by atoms with E-state index in [0.717, 1.165) is 28.4 Å². The van der Waals surface area contributed by atoms with Crippen molar-refractivity contribution in [1.29, 1.82) is 0 Å². The van der Waals surface area contributed by atoms with Crippen molar-refractivity contribution in [3.05, 3.63) is 78.6 Å². The van der Waals surface area contributed by atoms with Gasteiger partial charge in [-0.15, -0.1) is 0 Å². The Morgan fingerprint density at radius 1 is 0.938 bits per heavy atom. The summed E-state index contributed by atoms with van der Waals surface area (Å²) in [5.41, 5.74) is 4.23. The first-order chi connectivity index (χ1) is 15.6. The van der Waals surface area contributed by atoms with Crippen LogP contribution in [0.15, 0.2) is 72.9 Å². The third-order valence-corrected chi connectivity index (χ3v) is 5.36. The Balaban J connectivity index is 1.30. The summed E-state index contributed by atoms with van der Waals surface area (Å²) in [6.07, 6.45) is 1.35. The molecule has 7 heteroatoms. The zero-order chi connectivity index (χ0) is 22.1. The van der Waals surface area contributed by atoms with Crippen LogP contribution in [-0.4, -0.2) is 33.0 Å². The van der Waals surface area contributed by atoms with Gasteiger partial charge < -0.3 is 14.6 Å². The van der Waals surface area contributed by atoms with E-state index < -0.39 is 18.5 Å². The normalized spacial score (nSPS) is 11.2. The molecule has 0 bridgehead atoms. The van der Waals surface area contributed by atoms with Gasteiger partial charge in [0, 0.05) is 34.0 Å². The van der Waals surface area contributed by atoms with Crippen LogP contribution >= 0.6 is 0 Å². The van der Waals surface area contributed by atoms with Crippen molar-refractivity contribution < 1.29 is 14.3 Å². The first-order valence-corrected chi connectivity index (χ1v) is 10.3.